The Bertz CT molecular complexity index is 676. The number of amides is 1. The van der Waals surface area contributed by atoms with Gasteiger partial charge < -0.3 is 9.42 Å². The maximum absolute atomic E-state index is 12.5. The molecular weight excluding hydrogens is 288 g/mol. The smallest absolute Gasteiger partial charge is 0.276 e. The number of rotatable bonds is 3. The average Bonchev–Trinajstić information content (AvgIpc) is 3.17. The summed E-state index contributed by atoms with van der Waals surface area (Å²) in [6.07, 6.45) is 3.25. The van der Waals surface area contributed by atoms with E-state index < -0.39 is 0 Å². The number of hydrogen-bond acceptors (Lipinski definition) is 3. The lowest BCUT2D eigenvalue weighted by atomic mass is 9.94. The van der Waals surface area contributed by atoms with Crippen molar-refractivity contribution in [2.45, 2.75) is 31.2 Å². The van der Waals surface area contributed by atoms with E-state index in [9.17, 15) is 4.79 Å². The molecule has 1 unspecified atom stereocenters. The molecule has 1 saturated carbocycles. The first-order chi connectivity index (χ1) is 10.2. The zero-order chi connectivity index (χ0) is 14.4. The van der Waals surface area contributed by atoms with Gasteiger partial charge in [-0.1, -0.05) is 28.9 Å². The third-order valence-corrected chi connectivity index (χ3v) is 4.51. The van der Waals surface area contributed by atoms with Gasteiger partial charge in [0.25, 0.3) is 5.91 Å². The molecule has 1 aliphatic carbocycles. The van der Waals surface area contributed by atoms with Crippen LogP contribution < -0.4 is 0 Å². The van der Waals surface area contributed by atoms with Crippen LogP contribution in [0.2, 0.25) is 5.02 Å². The van der Waals surface area contributed by atoms with Crippen LogP contribution in [0.1, 0.15) is 53.0 Å². The van der Waals surface area contributed by atoms with Crippen LogP contribution >= 0.6 is 11.6 Å². The fourth-order valence-electron chi connectivity index (χ4n) is 2.76. The SMILES string of the molecule is O=C(c1cc(C2CC2)on1)N1CCC1c1ccc(Cl)cc1. The average molecular weight is 303 g/mol. The Kier molecular flexibility index (Phi) is 3.00. The van der Waals surface area contributed by atoms with Crippen LogP contribution in [-0.2, 0) is 0 Å². The first-order valence-electron chi connectivity index (χ1n) is 7.25. The Hall–Kier alpha value is -1.81. The summed E-state index contributed by atoms with van der Waals surface area (Å²) in [5.74, 6) is 1.28. The van der Waals surface area contributed by atoms with Gasteiger partial charge in [-0.3, -0.25) is 4.79 Å². The van der Waals surface area contributed by atoms with E-state index in [0.29, 0.717) is 16.6 Å². The molecule has 2 fully saturated rings. The quantitative estimate of drug-likeness (QED) is 0.866. The predicted octanol–water partition coefficient (Wildman–Crippen LogP) is 3.79. The molecule has 1 atom stereocenters. The van der Waals surface area contributed by atoms with Crippen LogP contribution in [0.5, 0.6) is 0 Å². The van der Waals surface area contributed by atoms with Crippen molar-refractivity contribution in [2.75, 3.05) is 6.54 Å². The standard InChI is InChI=1S/C16H15ClN2O2/c17-12-5-3-10(4-6-12)14-7-8-19(14)16(20)13-9-15(21-18-13)11-1-2-11/h3-6,9,11,14H,1-2,7-8H2. The fraction of sp³-hybridized carbons (Fsp3) is 0.375. The Balaban J connectivity index is 1.52. The van der Waals surface area contributed by atoms with E-state index in [1.165, 1.54) is 0 Å². The number of benzene rings is 1. The molecule has 0 bridgehead atoms. The first-order valence-corrected chi connectivity index (χ1v) is 7.63. The zero-order valence-electron chi connectivity index (χ0n) is 11.5. The summed E-state index contributed by atoms with van der Waals surface area (Å²) in [6, 6.07) is 9.60. The number of carbonyl (C=O) groups excluding carboxylic acids is 1. The molecule has 1 aromatic heterocycles. The van der Waals surface area contributed by atoms with Gasteiger partial charge in [-0.25, -0.2) is 0 Å². The van der Waals surface area contributed by atoms with Crippen LogP contribution in [0.15, 0.2) is 34.9 Å². The first kappa shape index (κ1) is 12.9. The van der Waals surface area contributed by atoms with E-state index in [1.807, 2.05) is 29.2 Å². The number of likely N-dealkylation sites (tertiary alicyclic amines) is 1. The molecule has 1 aromatic carbocycles. The van der Waals surface area contributed by atoms with Crippen LogP contribution in [-0.4, -0.2) is 22.5 Å². The minimum atomic E-state index is -0.0446. The van der Waals surface area contributed by atoms with Crippen molar-refractivity contribution in [3.8, 4) is 0 Å². The van der Waals surface area contributed by atoms with Crippen LogP contribution in [0.4, 0.5) is 0 Å². The second-order valence-electron chi connectivity index (χ2n) is 5.74. The molecule has 1 amide bonds. The minimum Gasteiger partial charge on any atom is -0.360 e. The van der Waals surface area contributed by atoms with Crippen LogP contribution in [0.25, 0.3) is 0 Å². The van der Waals surface area contributed by atoms with Gasteiger partial charge >= 0.3 is 0 Å². The van der Waals surface area contributed by atoms with Crippen LogP contribution in [0, 0.1) is 0 Å². The Morgan fingerprint density at radius 2 is 2.00 bits per heavy atom. The highest BCUT2D eigenvalue weighted by molar-refractivity contribution is 6.30. The van der Waals surface area contributed by atoms with Crippen molar-refractivity contribution in [3.63, 3.8) is 0 Å². The van der Waals surface area contributed by atoms with Crippen LogP contribution in [0.3, 0.4) is 0 Å². The Morgan fingerprint density at radius 1 is 1.24 bits per heavy atom. The summed E-state index contributed by atoms with van der Waals surface area (Å²) in [4.78, 5) is 14.4. The molecule has 21 heavy (non-hydrogen) atoms. The Morgan fingerprint density at radius 3 is 2.62 bits per heavy atom. The lowest BCUT2D eigenvalue weighted by molar-refractivity contribution is 0.0450. The number of hydrogen-bond donors (Lipinski definition) is 0. The summed E-state index contributed by atoms with van der Waals surface area (Å²) in [5.41, 5.74) is 1.54. The highest BCUT2D eigenvalue weighted by Crippen LogP contribution is 2.41. The van der Waals surface area contributed by atoms with Gasteiger partial charge in [0.2, 0.25) is 0 Å². The lowest BCUT2D eigenvalue weighted by Crippen LogP contribution is -2.45. The van der Waals surface area contributed by atoms with E-state index in [2.05, 4.69) is 5.16 Å². The number of nitrogens with zero attached hydrogens (tertiary/aromatic N) is 2. The molecule has 108 valence electrons. The van der Waals surface area contributed by atoms with Gasteiger partial charge in [0.15, 0.2) is 5.69 Å². The van der Waals surface area contributed by atoms with E-state index in [0.717, 1.165) is 37.1 Å². The largest absolute Gasteiger partial charge is 0.360 e. The topological polar surface area (TPSA) is 46.3 Å². The lowest BCUT2D eigenvalue weighted by Gasteiger charge is -2.40. The normalized spacial score (nSPS) is 21.2. The monoisotopic (exact) mass is 302 g/mol. The van der Waals surface area contributed by atoms with Gasteiger partial charge in [-0.15, -0.1) is 0 Å². The molecule has 5 heteroatoms. The van der Waals surface area contributed by atoms with Crippen molar-refractivity contribution in [1.29, 1.82) is 0 Å². The van der Waals surface area contributed by atoms with Crippen molar-refractivity contribution in [2.24, 2.45) is 0 Å². The van der Waals surface area contributed by atoms with E-state index in [4.69, 9.17) is 16.1 Å². The molecule has 2 aliphatic rings. The zero-order valence-corrected chi connectivity index (χ0v) is 12.2. The molecule has 1 aliphatic heterocycles. The maximum atomic E-state index is 12.5. The summed E-state index contributed by atoms with van der Waals surface area (Å²) in [6.45, 7) is 0.762. The summed E-state index contributed by atoms with van der Waals surface area (Å²) in [5, 5.41) is 4.64. The summed E-state index contributed by atoms with van der Waals surface area (Å²) in [7, 11) is 0. The molecule has 0 spiro atoms. The van der Waals surface area contributed by atoms with Gasteiger partial charge in [0.05, 0.1) is 6.04 Å². The molecule has 0 N–H and O–H groups in total. The van der Waals surface area contributed by atoms with Gasteiger partial charge in [0, 0.05) is 23.6 Å². The van der Waals surface area contributed by atoms with E-state index >= 15 is 0 Å². The summed E-state index contributed by atoms with van der Waals surface area (Å²) >= 11 is 5.91. The van der Waals surface area contributed by atoms with E-state index in [1.54, 1.807) is 6.07 Å². The van der Waals surface area contributed by atoms with E-state index in [-0.39, 0.29) is 11.9 Å². The summed E-state index contributed by atoms with van der Waals surface area (Å²) < 4.78 is 5.27. The predicted molar refractivity (Wildman–Crippen MR) is 78.3 cm³/mol. The molecule has 2 aromatic rings. The third-order valence-electron chi connectivity index (χ3n) is 4.26. The fourth-order valence-corrected chi connectivity index (χ4v) is 2.89. The Labute approximate surface area is 127 Å². The number of aromatic nitrogens is 1. The minimum absolute atomic E-state index is 0.0446. The third kappa shape index (κ3) is 2.33. The second-order valence-corrected chi connectivity index (χ2v) is 6.18. The van der Waals surface area contributed by atoms with Gasteiger partial charge in [0.1, 0.15) is 5.76 Å². The van der Waals surface area contributed by atoms with Gasteiger partial charge in [-0.2, -0.15) is 0 Å². The molecule has 4 nitrogen and oxygen atoms in total. The molecule has 2 heterocycles. The number of carbonyl (C=O) groups is 1. The highest BCUT2D eigenvalue weighted by Gasteiger charge is 2.36. The molecule has 1 saturated heterocycles. The maximum Gasteiger partial charge on any atom is 0.276 e. The second kappa shape index (κ2) is 4.88. The van der Waals surface area contributed by atoms with Crippen molar-refractivity contribution in [3.05, 3.63) is 52.4 Å². The number of halogens is 1. The van der Waals surface area contributed by atoms with Crippen molar-refractivity contribution >= 4 is 17.5 Å². The highest BCUT2D eigenvalue weighted by atomic mass is 35.5. The molecule has 0 radical (unpaired) electrons. The van der Waals surface area contributed by atoms with Gasteiger partial charge in [-0.05, 0) is 37.0 Å². The van der Waals surface area contributed by atoms with Crippen molar-refractivity contribution < 1.29 is 9.32 Å². The molecule has 4 rings (SSSR count). The van der Waals surface area contributed by atoms with Crippen molar-refractivity contribution in [1.82, 2.24) is 10.1 Å². The molecular formula is C16H15ClN2O2.